The zero-order valence-electron chi connectivity index (χ0n) is 30.8. The number of rotatable bonds is 7. The number of benzene rings is 3. The maximum atomic E-state index is 6.42. The predicted octanol–water partition coefficient (Wildman–Crippen LogP) is 12.0. The van der Waals surface area contributed by atoms with E-state index in [2.05, 4.69) is 109 Å². The van der Waals surface area contributed by atoms with E-state index in [-0.39, 0.29) is 26.0 Å². The number of hydrogen-bond donors (Lipinski definition) is 0. The van der Waals surface area contributed by atoms with Crippen LogP contribution in [0.4, 0.5) is 0 Å². The molecule has 5 aromatic heterocycles. The molecule has 1 saturated carbocycles. The van der Waals surface area contributed by atoms with Crippen LogP contribution < -0.4 is 0 Å². The Morgan fingerprint density at radius 3 is 2.39 bits per heavy atom. The third-order valence-electron chi connectivity index (χ3n) is 10.5. The first kappa shape index (κ1) is 37.0. The van der Waals surface area contributed by atoms with Crippen LogP contribution in [0.5, 0.6) is 0 Å². The van der Waals surface area contributed by atoms with Gasteiger partial charge in [0.05, 0.1) is 5.58 Å². The van der Waals surface area contributed by atoms with Gasteiger partial charge in [-0.3, -0.25) is 4.98 Å². The minimum Gasteiger partial charge on any atom is -0.486 e. The molecule has 1 unspecified atom stereocenters. The van der Waals surface area contributed by atoms with Crippen molar-refractivity contribution in [2.24, 2.45) is 5.92 Å². The van der Waals surface area contributed by atoms with Crippen molar-refractivity contribution < 1.29 is 24.5 Å². The van der Waals surface area contributed by atoms with Gasteiger partial charge in [0.25, 0.3) is 0 Å². The van der Waals surface area contributed by atoms with Crippen LogP contribution in [0.1, 0.15) is 66.5 Å². The van der Waals surface area contributed by atoms with E-state index >= 15 is 0 Å². The third kappa shape index (κ3) is 7.96. The van der Waals surface area contributed by atoms with Gasteiger partial charge in [-0.1, -0.05) is 86.2 Å². The Kier molecular flexibility index (Phi) is 11.5. The summed E-state index contributed by atoms with van der Waals surface area (Å²) in [5, 5.41) is 2.14. The predicted molar refractivity (Wildman–Crippen MR) is 214 cm³/mol. The fourth-order valence-corrected chi connectivity index (χ4v) is 7.62. The van der Waals surface area contributed by atoms with Gasteiger partial charge in [-0.15, -0.1) is 53.6 Å². The van der Waals surface area contributed by atoms with E-state index in [1.54, 1.807) is 0 Å². The maximum Gasteiger partial charge on any atom is 0.216 e. The van der Waals surface area contributed by atoms with Crippen molar-refractivity contribution in [3.63, 3.8) is 0 Å². The van der Waals surface area contributed by atoms with E-state index in [0.717, 1.165) is 56.9 Å². The van der Waals surface area contributed by atoms with Gasteiger partial charge >= 0.3 is 0 Å². The summed E-state index contributed by atoms with van der Waals surface area (Å²) >= 11 is 0. The molecule has 8 aromatic rings. The number of fused-ring (bicyclic) bond motifs is 3. The van der Waals surface area contributed by atoms with E-state index in [1.807, 2.05) is 62.0 Å². The summed E-state index contributed by atoms with van der Waals surface area (Å²) in [6.07, 6.45) is 14.1. The quantitative estimate of drug-likeness (QED) is 0.149. The second-order valence-electron chi connectivity index (χ2n) is 14.2. The fourth-order valence-electron chi connectivity index (χ4n) is 7.62. The van der Waals surface area contributed by atoms with Crippen molar-refractivity contribution in [2.75, 3.05) is 0 Å². The van der Waals surface area contributed by atoms with Crippen LogP contribution in [0.3, 0.4) is 0 Å². The van der Waals surface area contributed by atoms with Gasteiger partial charge in [-0.05, 0) is 101 Å². The molecule has 0 aliphatic heterocycles. The van der Waals surface area contributed by atoms with Gasteiger partial charge in [0.15, 0.2) is 0 Å². The Morgan fingerprint density at radius 1 is 0.815 bits per heavy atom. The Labute approximate surface area is 331 Å². The molecule has 0 N–H and O–H groups in total. The Morgan fingerprint density at radius 2 is 1.61 bits per heavy atom. The van der Waals surface area contributed by atoms with Crippen molar-refractivity contribution in [3.05, 3.63) is 168 Å². The minimum atomic E-state index is 0. The summed E-state index contributed by atoms with van der Waals surface area (Å²) in [6.45, 7) is 6.31. The van der Waals surface area contributed by atoms with Crippen LogP contribution >= 0.6 is 0 Å². The van der Waals surface area contributed by atoms with E-state index in [9.17, 15) is 0 Å². The van der Waals surface area contributed by atoms with Crippen LogP contribution in [0, 0.1) is 31.9 Å². The summed E-state index contributed by atoms with van der Waals surface area (Å²) in [6, 6.07) is 42.0. The molecule has 9 rings (SSSR count). The van der Waals surface area contributed by atoms with E-state index in [0.29, 0.717) is 5.71 Å². The third-order valence-corrected chi connectivity index (χ3v) is 10.5. The molecule has 3 aromatic carbocycles. The molecule has 1 aliphatic rings. The van der Waals surface area contributed by atoms with Gasteiger partial charge in [0.2, 0.25) is 5.71 Å². The number of pyridine rings is 4. The van der Waals surface area contributed by atoms with Crippen molar-refractivity contribution in [1.82, 2.24) is 19.9 Å². The Balaban J connectivity index is 0.000000191. The topological polar surface area (TPSA) is 64.7 Å². The second kappa shape index (κ2) is 16.8. The standard InChI is InChI=1S/C30H28N3O.C18H14N.Ir/c1-19-7-8-26-28-24(20(2)23-12-14-31-15-13-23)9-10-25(29(28)34-30(26)33-19)27-18-22(11-16-32-27)17-21-5-3-4-6-21;1-14-13-19-18(16-10-6-3-7-11-16)12-17(14)15-8-4-2-5-9-15;/h7-9,11-16,18,20-21H,3-6,17H2,1-2H3;2-10,12-13H,1H3;/q2*-1;. The number of nitrogens with zero attached hydrogens (tertiary/aromatic N) is 4. The van der Waals surface area contributed by atoms with Gasteiger partial charge in [-0.25, -0.2) is 4.98 Å². The number of aryl methyl sites for hydroxylation is 2. The zero-order valence-corrected chi connectivity index (χ0v) is 33.2. The summed E-state index contributed by atoms with van der Waals surface area (Å²) < 4.78 is 6.42. The molecule has 0 saturated heterocycles. The molecule has 5 heterocycles. The van der Waals surface area contributed by atoms with Crippen molar-refractivity contribution in [1.29, 1.82) is 0 Å². The van der Waals surface area contributed by atoms with Gasteiger partial charge in [0, 0.05) is 56.0 Å². The molecule has 1 radical (unpaired) electrons. The minimum absolute atomic E-state index is 0. The van der Waals surface area contributed by atoms with Crippen molar-refractivity contribution in [3.8, 4) is 33.6 Å². The molecule has 0 bridgehead atoms. The summed E-state index contributed by atoms with van der Waals surface area (Å²) in [4.78, 5) is 18.1. The van der Waals surface area contributed by atoms with Gasteiger partial charge < -0.3 is 14.4 Å². The molecule has 5 nitrogen and oxygen atoms in total. The molecule has 1 atom stereocenters. The average Bonchev–Trinajstić information content (AvgIpc) is 3.86. The van der Waals surface area contributed by atoms with Crippen LogP contribution in [-0.4, -0.2) is 19.9 Å². The number of hydrogen-bond acceptors (Lipinski definition) is 5. The normalized spacial score (nSPS) is 13.3. The molecule has 1 aliphatic carbocycles. The average molecular weight is 883 g/mol. The molecule has 54 heavy (non-hydrogen) atoms. The first-order valence-electron chi connectivity index (χ1n) is 18.6. The van der Waals surface area contributed by atoms with Crippen LogP contribution in [0.2, 0.25) is 0 Å². The first-order chi connectivity index (χ1) is 26.0. The summed E-state index contributed by atoms with van der Waals surface area (Å²) in [5.74, 6) is 0.959. The smallest absolute Gasteiger partial charge is 0.216 e. The molecule has 6 heteroatoms. The van der Waals surface area contributed by atoms with E-state index in [1.165, 1.54) is 59.1 Å². The van der Waals surface area contributed by atoms with Crippen molar-refractivity contribution in [2.45, 2.75) is 58.8 Å². The molecule has 1 fully saturated rings. The Bertz CT molecular complexity index is 2480. The molecule has 0 spiro atoms. The Hall–Kier alpha value is -5.29. The van der Waals surface area contributed by atoms with Gasteiger partial charge in [-0.2, -0.15) is 0 Å². The first-order valence-corrected chi connectivity index (χ1v) is 18.6. The number of furan rings is 1. The maximum absolute atomic E-state index is 6.42. The van der Waals surface area contributed by atoms with E-state index in [4.69, 9.17) is 14.4 Å². The van der Waals surface area contributed by atoms with Crippen LogP contribution in [0.15, 0.2) is 132 Å². The summed E-state index contributed by atoms with van der Waals surface area (Å²) in [7, 11) is 0. The van der Waals surface area contributed by atoms with Crippen LogP contribution in [0.25, 0.3) is 55.7 Å². The number of aromatic nitrogens is 4. The SMILES string of the molecule is Cc1ccc2c(n1)oc1c(-c3cc(CC4CCCC4)ccn3)[c-]cc(C(C)c3ccncc3)c12.Cc1cnc(-c2[c-]cccc2)cc1-c1ccccc1.[Ir]. The van der Waals surface area contributed by atoms with Gasteiger partial charge in [0.1, 0.15) is 0 Å². The molecular formula is C48H42IrN4O-2. The van der Waals surface area contributed by atoms with Crippen molar-refractivity contribution >= 4 is 22.1 Å². The molecule has 271 valence electrons. The molecule has 0 amide bonds. The second-order valence-corrected chi connectivity index (χ2v) is 14.2. The largest absolute Gasteiger partial charge is 0.486 e. The zero-order chi connectivity index (χ0) is 36.1. The van der Waals surface area contributed by atoms with Crippen LogP contribution in [-0.2, 0) is 26.5 Å². The van der Waals surface area contributed by atoms with E-state index < -0.39 is 0 Å². The monoisotopic (exact) mass is 883 g/mol. The summed E-state index contributed by atoms with van der Waals surface area (Å²) in [5.41, 5.74) is 13.6. The molecular weight excluding hydrogens is 841 g/mol. The fraction of sp³-hybridized carbons (Fsp3) is 0.208.